The van der Waals surface area contributed by atoms with Crippen molar-refractivity contribution in [2.75, 3.05) is 14.2 Å². The van der Waals surface area contributed by atoms with Crippen LogP contribution in [-0.4, -0.2) is 47.1 Å². The Morgan fingerprint density at radius 1 is 1.03 bits per heavy atom. The third-order valence-corrected chi connectivity index (χ3v) is 7.96. The van der Waals surface area contributed by atoms with Crippen molar-refractivity contribution >= 4 is 22.7 Å². The minimum absolute atomic E-state index is 0.111. The second-order valence-electron chi connectivity index (χ2n) is 10.2. The highest BCUT2D eigenvalue weighted by Gasteiger charge is 2.50. The first-order valence-corrected chi connectivity index (χ1v) is 12.8. The fraction of sp³-hybridized carbons (Fsp3) is 0.448. The molecule has 0 unspecified atom stereocenters. The van der Waals surface area contributed by atoms with Crippen molar-refractivity contribution in [2.45, 2.75) is 70.1 Å². The molecule has 7 heteroatoms. The summed E-state index contributed by atoms with van der Waals surface area (Å²) in [5.74, 6) is 1.01. The van der Waals surface area contributed by atoms with Gasteiger partial charge >= 0.3 is 0 Å². The first kappa shape index (κ1) is 24.2. The molecular weight excluding hydrogens is 454 g/mol. The van der Waals surface area contributed by atoms with Gasteiger partial charge in [-0.3, -0.25) is 9.59 Å². The van der Waals surface area contributed by atoms with Crippen LogP contribution in [0.25, 0.3) is 10.9 Å². The molecule has 1 aromatic heterocycles. The summed E-state index contributed by atoms with van der Waals surface area (Å²) < 4.78 is 13.2. The van der Waals surface area contributed by atoms with Gasteiger partial charge in [-0.05, 0) is 50.5 Å². The molecule has 1 aliphatic heterocycles. The molecule has 1 saturated carbocycles. The molecule has 0 spiro atoms. The molecule has 1 aliphatic carbocycles. The van der Waals surface area contributed by atoms with Crippen molar-refractivity contribution in [3.05, 3.63) is 59.8 Å². The van der Waals surface area contributed by atoms with Crippen LogP contribution in [-0.2, 0) is 11.3 Å². The van der Waals surface area contributed by atoms with E-state index in [1.165, 1.54) is 6.42 Å². The molecule has 0 saturated heterocycles. The predicted octanol–water partition coefficient (Wildman–Crippen LogP) is 5.08. The van der Waals surface area contributed by atoms with Gasteiger partial charge in [0.25, 0.3) is 5.91 Å². The number of hydrogen-bond donors (Lipinski definition) is 1. The molecule has 2 amide bonds. The zero-order valence-corrected chi connectivity index (χ0v) is 21.5. The van der Waals surface area contributed by atoms with Crippen molar-refractivity contribution in [3.8, 4) is 11.5 Å². The molecule has 2 atom stereocenters. The zero-order chi connectivity index (χ0) is 25.4. The highest BCUT2D eigenvalue weighted by atomic mass is 16.5. The zero-order valence-electron chi connectivity index (χ0n) is 21.5. The highest BCUT2D eigenvalue weighted by Crippen LogP contribution is 2.42. The van der Waals surface area contributed by atoms with Crippen LogP contribution in [0, 0.1) is 0 Å². The summed E-state index contributed by atoms with van der Waals surface area (Å²) in [6.07, 6.45) is 5.40. The lowest BCUT2D eigenvalue weighted by molar-refractivity contribution is -0.135. The van der Waals surface area contributed by atoms with Gasteiger partial charge in [0.05, 0.1) is 32.3 Å². The molecule has 2 aliphatic rings. The van der Waals surface area contributed by atoms with E-state index in [9.17, 15) is 9.59 Å². The Hall–Kier alpha value is -3.48. The Bertz CT molecular complexity index is 1280. The fourth-order valence-electron chi connectivity index (χ4n) is 5.99. The lowest BCUT2D eigenvalue weighted by atomic mass is 9.89. The summed E-state index contributed by atoms with van der Waals surface area (Å²) in [4.78, 5) is 30.1. The lowest BCUT2D eigenvalue weighted by Crippen LogP contribution is -2.65. The number of carbonyl (C=O) groups excluding carboxylic acids is 2. The normalized spacial score (nSPS) is 21.2. The maximum Gasteiger partial charge on any atom is 0.271 e. The van der Waals surface area contributed by atoms with E-state index in [0.717, 1.165) is 42.1 Å². The van der Waals surface area contributed by atoms with Gasteiger partial charge < -0.3 is 24.3 Å². The Morgan fingerprint density at radius 2 is 1.69 bits per heavy atom. The van der Waals surface area contributed by atoms with E-state index in [0.29, 0.717) is 23.7 Å². The topological polar surface area (TPSA) is 72.8 Å². The third kappa shape index (κ3) is 3.91. The number of methoxy groups -OCH3 is 2. The van der Waals surface area contributed by atoms with Crippen LogP contribution in [0.2, 0.25) is 0 Å². The quantitative estimate of drug-likeness (QED) is 0.524. The maximum atomic E-state index is 14.3. The van der Waals surface area contributed by atoms with Crippen molar-refractivity contribution in [1.29, 1.82) is 0 Å². The second kappa shape index (κ2) is 9.52. The molecule has 36 heavy (non-hydrogen) atoms. The molecule has 7 nitrogen and oxygen atoms in total. The number of nitrogens with one attached hydrogen (secondary N) is 1. The van der Waals surface area contributed by atoms with E-state index in [1.807, 2.05) is 66.9 Å². The Labute approximate surface area is 212 Å². The minimum Gasteiger partial charge on any atom is -0.496 e. The van der Waals surface area contributed by atoms with Crippen molar-refractivity contribution in [2.24, 2.45) is 0 Å². The van der Waals surface area contributed by atoms with Crippen molar-refractivity contribution in [3.63, 3.8) is 0 Å². The molecule has 0 radical (unpaired) electrons. The molecule has 3 aromatic rings. The SMILES string of the molecule is COc1ccc(OC)c2c1cc1n2C[C@@](C)(C(=O)NC2CCCCC2)N([C@H](C)c2ccccc2)C1=O. The number of benzene rings is 2. The molecule has 5 rings (SSSR count). The first-order chi connectivity index (χ1) is 17.4. The first-order valence-electron chi connectivity index (χ1n) is 12.8. The summed E-state index contributed by atoms with van der Waals surface area (Å²) in [5.41, 5.74) is 1.18. The smallest absolute Gasteiger partial charge is 0.271 e. The molecule has 2 aromatic carbocycles. The molecule has 1 N–H and O–H groups in total. The van der Waals surface area contributed by atoms with E-state index < -0.39 is 5.54 Å². The number of ether oxygens (including phenoxy) is 2. The molecular formula is C29H35N3O4. The van der Waals surface area contributed by atoms with Crippen LogP contribution >= 0.6 is 0 Å². The summed E-state index contributed by atoms with van der Waals surface area (Å²) in [6, 6.07) is 15.3. The van der Waals surface area contributed by atoms with Gasteiger partial charge in [0.15, 0.2) is 0 Å². The average molecular weight is 490 g/mol. The average Bonchev–Trinajstić information content (AvgIpc) is 3.28. The summed E-state index contributed by atoms with van der Waals surface area (Å²) >= 11 is 0. The number of carbonyl (C=O) groups is 2. The van der Waals surface area contributed by atoms with Gasteiger partial charge in [-0.25, -0.2) is 0 Å². The second-order valence-corrected chi connectivity index (χ2v) is 10.2. The summed E-state index contributed by atoms with van der Waals surface area (Å²) in [5, 5.41) is 4.10. The molecule has 190 valence electrons. The Kier molecular flexibility index (Phi) is 6.41. The van der Waals surface area contributed by atoms with Crippen LogP contribution in [0.15, 0.2) is 48.5 Å². The van der Waals surface area contributed by atoms with Crippen LogP contribution < -0.4 is 14.8 Å². The molecule has 2 heterocycles. The Morgan fingerprint density at radius 3 is 2.36 bits per heavy atom. The number of rotatable bonds is 6. The molecule has 1 fully saturated rings. The van der Waals surface area contributed by atoms with Crippen molar-refractivity contribution in [1.82, 2.24) is 14.8 Å². The van der Waals surface area contributed by atoms with Crippen LogP contribution in [0.4, 0.5) is 0 Å². The standard InChI is InChI=1S/C29H35N3O4/c1-19(20-11-7-5-8-12-20)32-27(33)23-17-22-24(35-3)15-16-25(36-4)26(22)31(23)18-29(32,2)28(34)30-21-13-9-6-10-14-21/h5,7-8,11-12,15-17,19,21H,6,9-10,13-14,18H2,1-4H3,(H,30,34)/t19-,29+/m1/s1. The van der Waals surface area contributed by atoms with E-state index in [4.69, 9.17) is 9.47 Å². The third-order valence-electron chi connectivity index (χ3n) is 7.96. The Balaban J connectivity index is 1.65. The predicted molar refractivity (Wildman–Crippen MR) is 139 cm³/mol. The van der Waals surface area contributed by atoms with Gasteiger partial charge in [0, 0.05) is 11.4 Å². The largest absolute Gasteiger partial charge is 0.496 e. The lowest BCUT2D eigenvalue weighted by Gasteiger charge is -2.47. The van der Waals surface area contributed by atoms with Gasteiger partial charge in [0.1, 0.15) is 22.7 Å². The van der Waals surface area contributed by atoms with Crippen molar-refractivity contribution < 1.29 is 19.1 Å². The van der Waals surface area contributed by atoms with Gasteiger partial charge in [-0.2, -0.15) is 0 Å². The van der Waals surface area contributed by atoms with E-state index in [1.54, 1.807) is 19.1 Å². The fourth-order valence-corrected chi connectivity index (χ4v) is 5.99. The minimum atomic E-state index is -1.10. The number of amides is 2. The summed E-state index contributed by atoms with van der Waals surface area (Å²) in [7, 11) is 3.23. The number of nitrogens with zero attached hydrogens (tertiary/aromatic N) is 2. The van der Waals surface area contributed by atoms with Gasteiger partial charge in [0.2, 0.25) is 5.91 Å². The number of hydrogen-bond acceptors (Lipinski definition) is 4. The monoisotopic (exact) mass is 489 g/mol. The van der Waals surface area contributed by atoms with Crippen LogP contribution in [0.1, 0.15) is 68.0 Å². The van der Waals surface area contributed by atoms with Crippen LogP contribution in [0.3, 0.4) is 0 Å². The van der Waals surface area contributed by atoms with E-state index in [-0.39, 0.29) is 23.9 Å². The van der Waals surface area contributed by atoms with Gasteiger partial charge in [-0.15, -0.1) is 0 Å². The van der Waals surface area contributed by atoms with E-state index >= 15 is 0 Å². The maximum absolute atomic E-state index is 14.3. The van der Waals surface area contributed by atoms with E-state index in [2.05, 4.69) is 5.32 Å². The summed E-state index contributed by atoms with van der Waals surface area (Å²) in [6.45, 7) is 4.21. The number of fused-ring (bicyclic) bond motifs is 3. The number of aromatic nitrogens is 1. The van der Waals surface area contributed by atoms with Gasteiger partial charge in [-0.1, -0.05) is 49.6 Å². The molecule has 0 bridgehead atoms. The van der Waals surface area contributed by atoms with Crippen LogP contribution in [0.5, 0.6) is 11.5 Å². The highest BCUT2D eigenvalue weighted by molar-refractivity contribution is 6.06.